The van der Waals surface area contributed by atoms with Crippen LogP contribution < -0.4 is 0 Å². The van der Waals surface area contributed by atoms with Crippen molar-refractivity contribution in [1.29, 1.82) is 0 Å². The third kappa shape index (κ3) is 2.30. The summed E-state index contributed by atoms with van der Waals surface area (Å²) in [6.45, 7) is 1.93. The minimum atomic E-state index is -0.919. The smallest absolute Gasteiger partial charge is 0.328 e. The van der Waals surface area contributed by atoms with Crippen molar-refractivity contribution < 1.29 is 9.90 Å². The van der Waals surface area contributed by atoms with E-state index in [2.05, 4.69) is 11.1 Å². The van der Waals surface area contributed by atoms with Crippen LogP contribution in [0.15, 0.2) is 12.1 Å². The monoisotopic (exact) mass is 217 g/mol. The van der Waals surface area contributed by atoms with Gasteiger partial charge in [0.2, 0.25) is 0 Å². The van der Waals surface area contributed by atoms with Gasteiger partial charge in [0.25, 0.3) is 0 Å². The highest BCUT2D eigenvalue weighted by Crippen LogP contribution is 2.22. The van der Waals surface area contributed by atoms with Crippen molar-refractivity contribution in [2.24, 2.45) is 0 Å². The van der Waals surface area contributed by atoms with Gasteiger partial charge in [0.05, 0.1) is 0 Å². The molecular weight excluding hydrogens is 202 g/mol. The standard InChI is InChI=1S/C13H15NO2/c1-9-10(6-7-13(15)16)8-11-4-2-3-5-12(11)14-9/h6-8H,2-5H2,1H3,(H,15,16)/b7-6+. The fourth-order valence-electron chi connectivity index (χ4n) is 2.08. The van der Waals surface area contributed by atoms with Gasteiger partial charge in [-0.15, -0.1) is 0 Å². The lowest BCUT2D eigenvalue weighted by molar-refractivity contribution is -0.131. The number of pyridine rings is 1. The Morgan fingerprint density at radius 2 is 2.19 bits per heavy atom. The third-order valence-electron chi connectivity index (χ3n) is 2.94. The van der Waals surface area contributed by atoms with Crippen molar-refractivity contribution in [3.63, 3.8) is 0 Å². The summed E-state index contributed by atoms with van der Waals surface area (Å²) in [5, 5.41) is 8.60. The topological polar surface area (TPSA) is 50.2 Å². The minimum Gasteiger partial charge on any atom is -0.478 e. The van der Waals surface area contributed by atoms with E-state index >= 15 is 0 Å². The molecule has 1 aromatic rings. The fourth-order valence-corrected chi connectivity index (χ4v) is 2.08. The van der Waals surface area contributed by atoms with Crippen LogP contribution in [0, 0.1) is 6.92 Å². The second-order valence-corrected chi connectivity index (χ2v) is 4.15. The summed E-state index contributed by atoms with van der Waals surface area (Å²) in [5.41, 5.74) is 4.30. The van der Waals surface area contributed by atoms with Crippen molar-refractivity contribution in [2.45, 2.75) is 32.6 Å². The van der Waals surface area contributed by atoms with Gasteiger partial charge in [-0.05, 0) is 55.9 Å². The van der Waals surface area contributed by atoms with E-state index in [9.17, 15) is 4.79 Å². The first-order valence-corrected chi connectivity index (χ1v) is 5.57. The summed E-state index contributed by atoms with van der Waals surface area (Å²) in [6.07, 6.45) is 7.33. The number of rotatable bonds is 2. The Hall–Kier alpha value is -1.64. The van der Waals surface area contributed by atoms with E-state index in [1.165, 1.54) is 30.2 Å². The van der Waals surface area contributed by atoms with Crippen molar-refractivity contribution in [3.8, 4) is 0 Å². The average molecular weight is 217 g/mol. The Balaban J connectivity index is 2.35. The molecule has 0 aromatic carbocycles. The molecule has 0 radical (unpaired) electrons. The van der Waals surface area contributed by atoms with Gasteiger partial charge in [0.15, 0.2) is 0 Å². The van der Waals surface area contributed by atoms with Gasteiger partial charge in [-0.1, -0.05) is 0 Å². The lowest BCUT2D eigenvalue weighted by Crippen LogP contribution is -2.07. The molecule has 0 atom stereocenters. The third-order valence-corrected chi connectivity index (χ3v) is 2.94. The normalized spacial score (nSPS) is 15.1. The van der Waals surface area contributed by atoms with E-state index in [1.54, 1.807) is 6.08 Å². The second kappa shape index (κ2) is 4.47. The van der Waals surface area contributed by atoms with Crippen molar-refractivity contribution in [2.75, 3.05) is 0 Å². The summed E-state index contributed by atoms with van der Waals surface area (Å²) in [5.74, 6) is -0.919. The predicted octanol–water partition coefficient (Wildman–Crippen LogP) is 2.37. The first-order chi connectivity index (χ1) is 7.66. The van der Waals surface area contributed by atoms with Crippen molar-refractivity contribution in [1.82, 2.24) is 4.98 Å². The van der Waals surface area contributed by atoms with Gasteiger partial charge in [-0.2, -0.15) is 0 Å². The molecule has 0 amide bonds. The number of carboxylic acids is 1. The summed E-state index contributed by atoms with van der Waals surface area (Å²) < 4.78 is 0. The number of nitrogens with zero attached hydrogens (tertiary/aromatic N) is 1. The molecule has 0 saturated heterocycles. The molecule has 0 unspecified atom stereocenters. The Kier molecular flexibility index (Phi) is 3.04. The number of hydrogen-bond acceptors (Lipinski definition) is 2. The molecule has 16 heavy (non-hydrogen) atoms. The molecule has 3 nitrogen and oxygen atoms in total. The molecule has 84 valence electrons. The molecule has 0 saturated carbocycles. The Morgan fingerprint density at radius 3 is 2.94 bits per heavy atom. The quantitative estimate of drug-likeness (QED) is 0.774. The summed E-state index contributed by atoms with van der Waals surface area (Å²) >= 11 is 0. The highest BCUT2D eigenvalue weighted by atomic mass is 16.4. The molecule has 1 aromatic heterocycles. The number of aryl methyl sites for hydroxylation is 3. The van der Waals surface area contributed by atoms with Gasteiger partial charge in [-0.25, -0.2) is 4.79 Å². The molecule has 3 heteroatoms. The molecule has 2 rings (SSSR count). The first kappa shape index (κ1) is 10.9. The van der Waals surface area contributed by atoms with Crippen LogP contribution in [0.5, 0.6) is 0 Å². The van der Waals surface area contributed by atoms with E-state index in [-0.39, 0.29) is 0 Å². The molecule has 0 aliphatic heterocycles. The summed E-state index contributed by atoms with van der Waals surface area (Å²) in [4.78, 5) is 15.0. The van der Waals surface area contributed by atoms with Gasteiger partial charge >= 0.3 is 5.97 Å². The number of aliphatic carboxylic acids is 1. The maximum atomic E-state index is 10.5. The van der Waals surface area contributed by atoms with Gasteiger partial charge in [-0.3, -0.25) is 4.98 Å². The van der Waals surface area contributed by atoms with Gasteiger partial charge < -0.3 is 5.11 Å². The van der Waals surface area contributed by atoms with Crippen molar-refractivity contribution in [3.05, 3.63) is 34.7 Å². The molecule has 0 bridgehead atoms. The van der Waals surface area contributed by atoms with E-state index in [4.69, 9.17) is 5.11 Å². The fraction of sp³-hybridized carbons (Fsp3) is 0.385. The average Bonchev–Trinajstić information content (AvgIpc) is 2.26. The lowest BCUT2D eigenvalue weighted by Gasteiger charge is -2.16. The number of hydrogen-bond donors (Lipinski definition) is 1. The van der Waals surface area contributed by atoms with Crippen LogP contribution in [-0.2, 0) is 17.6 Å². The van der Waals surface area contributed by atoms with E-state index in [0.29, 0.717) is 0 Å². The molecule has 1 N–H and O–H groups in total. The molecule has 1 aliphatic rings. The second-order valence-electron chi connectivity index (χ2n) is 4.15. The zero-order valence-corrected chi connectivity index (χ0v) is 9.36. The van der Waals surface area contributed by atoms with Crippen LogP contribution in [0.4, 0.5) is 0 Å². The Morgan fingerprint density at radius 1 is 1.44 bits per heavy atom. The van der Waals surface area contributed by atoms with Gasteiger partial charge in [0.1, 0.15) is 0 Å². The van der Waals surface area contributed by atoms with Crippen LogP contribution in [0.1, 0.15) is 35.4 Å². The van der Waals surface area contributed by atoms with Crippen LogP contribution in [0.25, 0.3) is 6.08 Å². The minimum absolute atomic E-state index is 0.915. The zero-order chi connectivity index (χ0) is 11.5. The molecule has 1 aliphatic carbocycles. The molecule has 1 heterocycles. The first-order valence-electron chi connectivity index (χ1n) is 5.57. The number of aromatic nitrogens is 1. The van der Waals surface area contributed by atoms with Gasteiger partial charge in [0, 0.05) is 17.5 Å². The summed E-state index contributed by atoms with van der Waals surface area (Å²) in [7, 11) is 0. The molecule has 0 fully saturated rings. The van der Waals surface area contributed by atoms with Crippen LogP contribution >= 0.6 is 0 Å². The SMILES string of the molecule is Cc1nc2c(cc1/C=C/C(=O)O)CCCC2. The summed E-state index contributed by atoms with van der Waals surface area (Å²) in [6, 6.07) is 2.08. The van der Waals surface area contributed by atoms with Crippen LogP contribution in [0.2, 0.25) is 0 Å². The van der Waals surface area contributed by atoms with Crippen molar-refractivity contribution >= 4 is 12.0 Å². The number of carboxylic acid groups (broad SMARTS) is 1. The maximum Gasteiger partial charge on any atom is 0.328 e. The number of fused-ring (bicyclic) bond motifs is 1. The Labute approximate surface area is 94.8 Å². The zero-order valence-electron chi connectivity index (χ0n) is 9.36. The highest BCUT2D eigenvalue weighted by Gasteiger charge is 2.12. The van der Waals surface area contributed by atoms with E-state index in [0.717, 1.165) is 24.1 Å². The number of carbonyl (C=O) groups is 1. The molecular formula is C13H15NO2. The Bertz CT molecular complexity index is 449. The van der Waals surface area contributed by atoms with E-state index < -0.39 is 5.97 Å². The largest absolute Gasteiger partial charge is 0.478 e. The molecule has 0 spiro atoms. The van der Waals surface area contributed by atoms with E-state index in [1.807, 2.05) is 6.92 Å². The maximum absolute atomic E-state index is 10.5. The lowest BCUT2D eigenvalue weighted by atomic mass is 9.94. The van der Waals surface area contributed by atoms with Crippen LogP contribution in [0.3, 0.4) is 0 Å². The predicted molar refractivity (Wildman–Crippen MR) is 62.3 cm³/mol. The highest BCUT2D eigenvalue weighted by molar-refractivity contribution is 5.85. The van der Waals surface area contributed by atoms with Crippen LogP contribution in [-0.4, -0.2) is 16.1 Å².